The summed E-state index contributed by atoms with van der Waals surface area (Å²) in [6.07, 6.45) is 3.70. The largest absolute Gasteiger partial charge is 0.457 e. The number of ether oxygens (including phenoxy) is 1. The molecule has 0 aliphatic rings. The smallest absolute Gasteiger partial charge is 0.339 e. The van der Waals surface area contributed by atoms with Crippen molar-refractivity contribution in [2.24, 2.45) is 0 Å². The molecule has 0 N–H and O–H groups in total. The van der Waals surface area contributed by atoms with Crippen LogP contribution in [0.4, 0.5) is 0 Å². The van der Waals surface area contributed by atoms with Crippen molar-refractivity contribution in [2.75, 3.05) is 0 Å². The van der Waals surface area contributed by atoms with Crippen LogP contribution in [0.2, 0.25) is 0 Å². The molecule has 2 heterocycles. The first-order chi connectivity index (χ1) is 11.5. The van der Waals surface area contributed by atoms with Crippen molar-refractivity contribution in [3.05, 3.63) is 76.1 Å². The lowest BCUT2D eigenvalue weighted by molar-refractivity contribution is 0.0471. The number of rotatable bonds is 3. The molecule has 0 spiro atoms. The number of nitrogens with zero attached hydrogens (tertiary/aromatic N) is 2. The Morgan fingerprint density at radius 3 is 2.58 bits per heavy atom. The van der Waals surface area contributed by atoms with Crippen LogP contribution in [0, 0.1) is 32.1 Å². The van der Waals surface area contributed by atoms with Crippen LogP contribution in [0.3, 0.4) is 0 Å². The topological polar surface area (TPSA) is 54.5 Å². The fourth-order valence-electron chi connectivity index (χ4n) is 3.13. The minimum Gasteiger partial charge on any atom is -0.457 e. The number of nitriles is 1. The maximum Gasteiger partial charge on any atom is 0.339 e. The van der Waals surface area contributed by atoms with Crippen molar-refractivity contribution in [1.82, 2.24) is 4.40 Å². The maximum atomic E-state index is 12.5. The molecule has 0 bridgehead atoms. The van der Waals surface area contributed by atoms with Gasteiger partial charge in [-0.2, -0.15) is 5.26 Å². The molecule has 0 unspecified atom stereocenters. The number of benzene rings is 1. The molecular formula is C20H18N2O2. The van der Waals surface area contributed by atoms with Crippen molar-refractivity contribution < 1.29 is 9.53 Å². The third-order valence-corrected chi connectivity index (χ3v) is 4.11. The normalized spacial score (nSPS) is 10.6. The van der Waals surface area contributed by atoms with Gasteiger partial charge in [0.25, 0.3) is 0 Å². The third kappa shape index (κ3) is 2.77. The Bertz CT molecular complexity index is 954. The first kappa shape index (κ1) is 15.8. The number of esters is 1. The van der Waals surface area contributed by atoms with E-state index in [-0.39, 0.29) is 12.6 Å². The number of hydrogen-bond acceptors (Lipinski definition) is 3. The van der Waals surface area contributed by atoms with Gasteiger partial charge < -0.3 is 9.14 Å². The molecule has 4 nitrogen and oxygen atoms in total. The summed E-state index contributed by atoms with van der Waals surface area (Å²) in [5, 5.41) is 9.40. The molecule has 24 heavy (non-hydrogen) atoms. The third-order valence-electron chi connectivity index (χ3n) is 4.11. The zero-order chi connectivity index (χ0) is 17.3. The average Bonchev–Trinajstić information content (AvgIpc) is 2.89. The van der Waals surface area contributed by atoms with E-state index in [1.807, 2.05) is 67.9 Å². The lowest BCUT2D eigenvalue weighted by atomic mass is 10.00. The number of aryl methyl sites for hydroxylation is 3. The van der Waals surface area contributed by atoms with Crippen molar-refractivity contribution in [1.29, 1.82) is 5.26 Å². The van der Waals surface area contributed by atoms with E-state index in [1.54, 1.807) is 0 Å². The second-order valence-corrected chi connectivity index (χ2v) is 5.98. The summed E-state index contributed by atoms with van der Waals surface area (Å²) >= 11 is 0. The van der Waals surface area contributed by atoms with Gasteiger partial charge in [0, 0.05) is 18.0 Å². The Morgan fingerprint density at radius 2 is 1.92 bits per heavy atom. The Kier molecular flexibility index (Phi) is 4.09. The Balaban J connectivity index is 1.87. The highest BCUT2D eigenvalue weighted by molar-refractivity contribution is 5.92. The predicted molar refractivity (Wildman–Crippen MR) is 91.9 cm³/mol. The number of carbonyl (C=O) groups excluding carboxylic acids is 1. The van der Waals surface area contributed by atoms with Gasteiger partial charge >= 0.3 is 5.97 Å². The molecule has 2 aromatic heterocycles. The number of aromatic nitrogens is 1. The van der Waals surface area contributed by atoms with E-state index in [0.29, 0.717) is 16.7 Å². The predicted octanol–water partition coefficient (Wildman–Crippen LogP) is 4.09. The van der Waals surface area contributed by atoms with Crippen LogP contribution < -0.4 is 0 Å². The molecule has 3 aromatic rings. The summed E-state index contributed by atoms with van der Waals surface area (Å²) in [6, 6.07) is 11.8. The van der Waals surface area contributed by atoms with Crippen LogP contribution in [-0.2, 0) is 11.3 Å². The molecule has 4 heteroatoms. The van der Waals surface area contributed by atoms with E-state index in [2.05, 4.69) is 6.07 Å². The van der Waals surface area contributed by atoms with Crippen LogP contribution in [0.5, 0.6) is 0 Å². The summed E-state index contributed by atoms with van der Waals surface area (Å²) in [5.41, 5.74) is 5.59. The van der Waals surface area contributed by atoms with Crippen molar-refractivity contribution >= 4 is 11.5 Å². The number of fused-ring (bicyclic) bond motifs is 1. The van der Waals surface area contributed by atoms with Crippen LogP contribution in [-0.4, -0.2) is 10.4 Å². The van der Waals surface area contributed by atoms with Crippen LogP contribution >= 0.6 is 0 Å². The Labute approximate surface area is 140 Å². The van der Waals surface area contributed by atoms with E-state index in [1.165, 1.54) is 0 Å². The summed E-state index contributed by atoms with van der Waals surface area (Å²) in [7, 11) is 0. The van der Waals surface area contributed by atoms with Crippen molar-refractivity contribution in [3.63, 3.8) is 0 Å². The summed E-state index contributed by atoms with van der Waals surface area (Å²) in [4.78, 5) is 12.5. The molecular weight excluding hydrogens is 300 g/mol. The molecule has 120 valence electrons. The highest BCUT2D eigenvalue weighted by atomic mass is 16.5. The summed E-state index contributed by atoms with van der Waals surface area (Å²) in [5.74, 6) is -0.357. The highest BCUT2D eigenvalue weighted by Crippen LogP contribution is 2.21. The molecule has 0 aliphatic carbocycles. The van der Waals surface area contributed by atoms with E-state index in [0.717, 1.165) is 22.2 Å². The molecule has 1 aromatic carbocycles. The molecule has 0 atom stereocenters. The number of pyridine rings is 1. The van der Waals surface area contributed by atoms with Gasteiger partial charge in [0.05, 0.1) is 16.6 Å². The van der Waals surface area contributed by atoms with Crippen molar-refractivity contribution in [2.45, 2.75) is 27.4 Å². The highest BCUT2D eigenvalue weighted by Gasteiger charge is 2.16. The van der Waals surface area contributed by atoms with Gasteiger partial charge in [-0.25, -0.2) is 4.79 Å². The Morgan fingerprint density at radius 1 is 1.21 bits per heavy atom. The van der Waals surface area contributed by atoms with Gasteiger partial charge in [0.2, 0.25) is 0 Å². The SMILES string of the molecule is Cc1cc(C)c(C(=O)OCc2cn3ccccc3c2C#N)c(C)c1. The maximum absolute atomic E-state index is 12.5. The average molecular weight is 318 g/mol. The molecule has 0 saturated carbocycles. The standard InChI is InChI=1S/C20H18N2O2/c1-13-8-14(2)19(15(3)9-13)20(23)24-12-16-11-22-7-5-4-6-18(22)17(16)10-21/h4-9,11H,12H2,1-3H3. The molecule has 0 saturated heterocycles. The Hall–Kier alpha value is -3.06. The van der Waals surface area contributed by atoms with E-state index in [9.17, 15) is 10.1 Å². The quantitative estimate of drug-likeness (QED) is 0.683. The van der Waals surface area contributed by atoms with Crippen LogP contribution in [0.1, 0.15) is 38.2 Å². The molecule has 0 amide bonds. The zero-order valence-electron chi connectivity index (χ0n) is 14.0. The second kappa shape index (κ2) is 6.21. The number of carbonyl (C=O) groups is 1. The first-order valence-electron chi connectivity index (χ1n) is 7.75. The first-order valence-corrected chi connectivity index (χ1v) is 7.75. The fraction of sp³-hybridized carbons (Fsp3) is 0.200. The zero-order valence-corrected chi connectivity index (χ0v) is 14.0. The van der Waals surface area contributed by atoms with E-state index >= 15 is 0 Å². The number of hydrogen-bond donors (Lipinski definition) is 0. The van der Waals surface area contributed by atoms with Gasteiger partial charge in [0.1, 0.15) is 12.7 Å². The van der Waals surface area contributed by atoms with Gasteiger partial charge in [-0.05, 0) is 44.0 Å². The van der Waals surface area contributed by atoms with Gasteiger partial charge in [-0.15, -0.1) is 0 Å². The van der Waals surface area contributed by atoms with Crippen molar-refractivity contribution in [3.8, 4) is 6.07 Å². The molecule has 0 fully saturated rings. The monoisotopic (exact) mass is 318 g/mol. The summed E-state index contributed by atoms with van der Waals surface area (Å²) in [6.45, 7) is 5.89. The van der Waals surface area contributed by atoms with Crippen LogP contribution in [0.15, 0.2) is 42.7 Å². The molecule has 0 aliphatic heterocycles. The van der Waals surface area contributed by atoms with E-state index in [4.69, 9.17) is 4.74 Å². The minimum atomic E-state index is -0.357. The van der Waals surface area contributed by atoms with Gasteiger partial charge in [0.15, 0.2) is 0 Å². The second-order valence-electron chi connectivity index (χ2n) is 5.98. The van der Waals surface area contributed by atoms with Crippen LogP contribution in [0.25, 0.3) is 5.52 Å². The lowest BCUT2D eigenvalue weighted by Crippen LogP contribution is -2.09. The molecule has 0 radical (unpaired) electrons. The molecule has 3 rings (SSSR count). The van der Waals surface area contributed by atoms with Gasteiger partial charge in [-0.3, -0.25) is 0 Å². The lowest BCUT2D eigenvalue weighted by Gasteiger charge is -2.10. The minimum absolute atomic E-state index is 0.0795. The summed E-state index contributed by atoms with van der Waals surface area (Å²) < 4.78 is 7.35. The fourth-order valence-corrected chi connectivity index (χ4v) is 3.13. The van der Waals surface area contributed by atoms with Gasteiger partial charge in [-0.1, -0.05) is 23.8 Å². The van der Waals surface area contributed by atoms with E-state index < -0.39 is 0 Å².